The number of carbonyl (C=O) groups excluding carboxylic acids is 2. The molecule has 0 spiro atoms. The van der Waals surface area contributed by atoms with E-state index in [0.29, 0.717) is 10.8 Å². The number of thioether (sulfide) groups is 1. The lowest BCUT2D eigenvalue weighted by Gasteiger charge is -2.19. The van der Waals surface area contributed by atoms with E-state index in [1.807, 2.05) is 39.0 Å². The molecule has 0 aliphatic rings. The number of benzene rings is 1. The molecule has 24 heavy (non-hydrogen) atoms. The van der Waals surface area contributed by atoms with Gasteiger partial charge in [0.15, 0.2) is 5.16 Å². The number of anilines is 1. The van der Waals surface area contributed by atoms with Gasteiger partial charge in [0.25, 0.3) is 0 Å². The Labute approximate surface area is 144 Å². The maximum absolute atomic E-state index is 11.8. The van der Waals surface area contributed by atoms with Crippen LogP contribution in [0.25, 0.3) is 5.69 Å². The van der Waals surface area contributed by atoms with Gasteiger partial charge >= 0.3 is 5.97 Å². The van der Waals surface area contributed by atoms with Gasteiger partial charge in [0.2, 0.25) is 5.91 Å². The fourth-order valence-corrected chi connectivity index (χ4v) is 2.63. The number of hydrogen-bond donors (Lipinski definition) is 1. The second kappa shape index (κ2) is 7.48. The first-order valence-electron chi connectivity index (χ1n) is 7.37. The van der Waals surface area contributed by atoms with Crippen molar-refractivity contribution in [2.75, 3.05) is 11.1 Å². The normalized spacial score (nSPS) is 11.2. The van der Waals surface area contributed by atoms with Gasteiger partial charge in [0.05, 0.1) is 11.4 Å². The van der Waals surface area contributed by atoms with Gasteiger partial charge < -0.3 is 10.1 Å². The molecule has 0 aliphatic heterocycles. The van der Waals surface area contributed by atoms with Crippen LogP contribution in [0.5, 0.6) is 0 Å². The lowest BCUT2D eigenvalue weighted by Crippen LogP contribution is -2.25. The number of aromatic nitrogens is 3. The number of rotatable bonds is 5. The molecule has 1 heterocycles. The molecule has 2 rings (SSSR count). The van der Waals surface area contributed by atoms with Crippen molar-refractivity contribution in [3.8, 4) is 5.69 Å². The van der Waals surface area contributed by atoms with E-state index in [1.165, 1.54) is 18.7 Å². The molecule has 0 saturated carbocycles. The molecule has 0 bridgehead atoms. The molecule has 1 aromatic heterocycles. The molecule has 0 unspecified atom stereocenters. The molecular formula is C16H20N4O3S. The van der Waals surface area contributed by atoms with E-state index in [2.05, 4.69) is 15.5 Å². The first kappa shape index (κ1) is 18.0. The van der Waals surface area contributed by atoms with Gasteiger partial charge in [-0.1, -0.05) is 17.8 Å². The molecule has 0 aliphatic carbocycles. The Morgan fingerprint density at radius 1 is 1.33 bits per heavy atom. The van der Waals surface area contributed by atoms with E-state index < -0.39 is 5.60 Å². The summed E-state index contributed by atoms with van der Waals surface area (Å²) in [6.45, 7) is 6.93. The Morgan fingerprint density at radius 3 is 2.75 bits per heavy atom. The summed E-state index contributed by atoms with van der Waals surface area (Å²) in [4.78, 5) is 23.0. The summed E-state index contributed by atoms with van der Waals surface area (Å²) in [7, 11) is 0. The van der Waals surface area contributed by atoms with E-state index >= 15 is 0 Å². The zero-order valence-electron chi connectivity index (χ0n) is 14.1. The number of nitrogens with one attached hydrogen (secondary N) is 1. The van der Waals surface area contributed by atoms with E-state index in [-0.39, 0.29) is 17.6 Å². The number of hydrogen-bond acceptors (Lipinski definition) is 6. The quantitative estimate of drug-likeness (QED) is 0.660. The van der Waals surface area contributed by atoms with Crippen LogP contribution in [-0.2, 0) is 14.3 Å². The summed E-state index contributed by atoms with van der Waals surface area (Å²) >= 11 is 1.24. The van der Waals surface area contributed by atoms with Gasteiger partial charge in [-0.15, -0.1) is 10.2 Å². The second-order valence-electron chi connectivity index (χ2n) is 6.09. The highest BCUT2D eigenvalue weighted by atomic mass is 32.2. The van der Waals surface area contributed by atoms with Gasteiger partial charge in [-0.25, -0.2) is 0 Å². The van der Waals surface area contributed by atoms with Gasteiger partial charge in [0.1, 0.15) is 11.9 Å². The van der Waals surface area contributed by atoms with Crippen LogP contribution in [0.1, 0.15) is 27.7 Å². The van der Waals surface area contributed by atoms with Crippen LogP contribution in [-0.4, -0.2) is 38.0 Å². The highest BCUT2D eigenvalue weighted by molar-refractivity contribution is 7.99. The van der Waals surface area contributed by atoms with Crippen molar-refractivity contribution in [1.82, 2.24) is 14.8 Å². The van der Waals surface area contributed by atoms with E-state index in [4.69, 9.17) is 4.74 Å². The smallest absolute Gasteiger partial charge is 0.316 e. The van der Waals surface area contributed by atoms with Crippen molar-refractivity contribution in [3.63, 3.8) is 0 Å². The van der Waals surface area contributed by atoms with Crippen LogP contribution in [0.2, 0.25) is 0 Å². The zero-order chi connectivity index (χ0) is 17.7. The van der Waals surface area contributed by atoms with Crippen LogP contribution >= 0.6 is 11.8 Å². The Bertz CT molecular complexity index is 737. The third-order valence-electron chi connectivity index (χ3n) is 2.70. The maximum Gasteiger partial charge on any atom is 0.316 e. The minimum atomic E-state index is -0.516. The standard InChI is InChI=1S/C16H20N4O3S/c1-11(21)18-12-6-5-7-13(8-12)20-10-17-19-15(20)24-9-14(22)23-16(2,3)4/h5-8,10H,9H2,1-4H3,(H,18,21). The Kier molecular flexibility index (Phi) is 5.61. The molecule has 0 saturated heterocycles. The third kappa shape index (κ3) is 5.38. The molecule has 0 radical (unpaired) electrons. The first-order valence-corrected chi connectivity index (χ1v) is 8.36. The van der Waals surface area contributed by atoms with Gasteiger partial charge in [-0.3, -0.25) is 14.2 Å². The van der Waals surface area contributed by atoms with Crippen molar-refractivity contribution >= 4 is 29.3 Å². The maximum atomic E-state index is 11.8. The average Bonchev–Trinajstić information content (AvgIpc) is 2.91. The summed E-state index contributed by atoms with van der Waals surface area (Å²) in [5, 5.41) is 11.2. The van der Waals surface area contributed by atoms with Crippen LogP contribution in [0.15, 0.2) is 35.7 Å². The monoisotopic (exact) mass is 348 g/mol. The number of ether oxygens (including phenoxy) is 1. The average molecular weight is 348 g/mol. The van der Waals surface area contributed by atoms with Crippen LogP contribution in [0.3, 0.4) is 0 Å². The topological polar surface area (TPSA) is 86.1 Å². The molecule has 7 nitrogen and oxygen atoms in total. The predicted molar refractivity (Wildman–Crippen MR) is 92.2 cm³/mol. The van der Waals surface area contributed by atoms with Crippen LogP contribution < -0.4 is 5.32 Å². The molecule has 1 aromatic carbocycles. The summed E-state index contributed by atoms with van der Waals surface area (Å²) in [6, 6.07) is 7.29. The van der Waals surface area contributed by atoms with Crippen LogP contribution in [0.4, 0.5) is 5.69 Å². The first-order chi connectivity index (χ1) is 11.2. The summed E-state index contributed by atoms with van der Waals surface area (Å²) in [5.74, 6) is -0.314. The van der Waals surface area contributed by atoms with Crippen molar-refractivity contribution in [2.24, 2.45) is 0 Å². The molecule has 2 aromatic rings. The molecule has 0 atom stereocenters. The minimum absolute atomic E-state index is 0.140. The SMILES string of the molecule is CC(=O)Nc1cccc(-n2cnnc2SCC(=O)OC(C)(C)C)c1. The highest BCUT2D eigenvalue weighted by Gasteiger charge is 2.17. The number of amides is 1. The van der Waals surface area contributed by atoms with E-state index in [9.17, 15) is 9.59 Å². The molecule has 1 N–H and O–H groups in total. The van der Waals surface area contributed by atoms with Crippen molar-refractivity contribution in [3.05, 3.63) is 30.6 Å². The molecule has 0 fully saturated rings. The summed E-state index contributed by atoms with van der Waals surface area (Å²) < 4.78 is 7.03. The number of esters is 1. The Balaban J connectivity index is 2.10. The lowest BCUT2D eigenvalue weighted by atomic mass is 10.2. The highest BCUT2D eigenvalue weighted by Crippen LogP contribution is 2.22. The molecule has 8 heteroatoms. The summed E-state index contributed by atoms with van der Waals surface area (Å²) in [5.41, 5.74) is 0.951. The third-order valence-corrected chi connectivity index (χ3v) is 3.62. The van der Waals surface area contributed by atoms with Crippen molar-refractivity contribution in [2.45, 2.75) is 38.5 Å². The molecular weight excluding hydrogens is 328 g/mol. The number of carbonyl (C=O) groups is 2. The Morgan fingerprint density at radius 2 is 2.08 bits per heavy atom. The van der Waals surface area contributed by atoms with E-state index in [1.54, 1.807) is 17.0 Å². The fraction of sp³-hybridized carbons (Fsp3) is 0.375. The molecule has 128 valence electrons. The van der Waals surface area contributed by atoms with Gasteiger partial charge in [-0.05, 0) is 39.0 Å². The largest absolute Gasteiger partial charge is 0.459 e. The van der Waals surface area contributed by atoms with Crippen molar-refractivity contribution < 1.29 is 14.3 Å². The van der Waals surface area contributed by atoms with Gasteiger partial charge in [0, 0.05) is 12.6 Å². The zero-order valence-corrected chi connectivity index (χ0v) is 14.9. The molecule has 1 amide bonds. The lowest BCUT2D eigenvalue weighted by molar-refractivity contribution is -0.151. The number of nitrogens with zero attached hydrogens (tertiary/aromatic N) is 3. The van der Waals surface area contributed by atoms with Crippen LogP contribution in [0, 0.1) is 0 Å². The predicted octanol–water partition coefficient (Wildman–Crippen LogP) is 2.66. The fourth-order valence-electron chi connectivity index (χ4n) is 1.93. The minimum Gasteiger partial charge on any atom is -0.459 e. The summed E-state index contributed by atoms with van der Waals surface area (Å²) in [6.07, 6.45) is 1.56. The van der Waals surface area contributed by atoms with Gasteiger partial charge in [-0.2, -0.15) is 0 Å². The van der Waals surface area contributed by atoms with E-state index in [0.717, 1.165) is 5.69 Å². The second-order valence-corrected chi connectivity index (χ2v) is 7.03. The van der Waals surface area contributed by atoms with Crippen molar-refractivity contribution in [1.29, 1.82) is 0 Å². The Hall–Kier alpha value is -2.35.